The van der Waals surface area contributed by atoms with Crippen LogP contribution < -0.4 is 5.46 Å². The second-order valence-corrected chi connectivity index (χ2v) is 3.42. The Labute approximate surface area is 93.6 Å². The number of ether oxygens (including phenoxy) is 1. The first-order valence-corrected chi connectivity index (χ1v) is 4.91. The molecule has 1 aliphatic rings. The molecule has 0 spiro atoms. The van der Waals surface area contributed by atoms with Crippen molar-refractivity contribution in [2.45, 2.75) is 6.10 Å². The van der Waals surface area contributed by atoms with Gasteiger partial charge in [-0.2, -0.15) is 0 Å². The number of methoxy groups -OCH3 is 1. The third-order valence-electron chi connectivity index (χ3n) is 2.45. The van der Waals surface area contributed by atoms with Crippen molar-refractivity contribution in [2.75, 3.05) is 7.11 Å². The van der Waals surface area contributed by atoms with Crippen LogP contribution in [0.4, 0.5) is 0 Å². The Balaban J connectivity index is 2.21. The predicted octanol–water partition coefficient (Wildman–Crippen LogP) is 0.175. The van der Waals surface area contributed by atoms with E-state index in [-0.39, 0.29) is 0 Å². The Bertz CT molecular complexity index is 430. The smallest absolute Gasteiger partial charge is 0.466 e. The zero-order chi connectivity index (χ0) is 11.5. The Morgan fingerprint density at radius 3 is 3.06 bits per heavy atom. The summed E-state index contributed by atoms with van der Waals surface area (Å²) in [6.45, 7) is 0. The van der Waals surface area contributed by atoms with Crippen LogP contribution in [0.1, 0.15) is 11.7 Å². The molecule has 0 fully saturated rings. The lowest BCUT2D eigenvalue weighted by molar-refractivity contribution is -0.134. The summed E-state index contributed by atoms with van der Waals surface area (Å²) in [7, 11) is 0.383. The van der Waals surface area contributed by atoms with Crippen molar-refractivity contribution in [2.24, 2.45) is 0 Å². The number of hydrogen-bond acceptors (Lipinski definition) is 4. The third kappa shape index (κ3) is 2.00. The third-order valence-corrected chi connectivity index (χ3v) is 2.45. The van der Waals surface area contributed by atoms with E-state index in [9.17, 15) is 9.82 Å². The van der Waals surface area contributed by atoms with Crippen LogP contribution in [0.5, 0.6) is 0 Å². The van der Waals surface area contributed by atoms with E-state index in [0.29, 0.717) is 0 Å². The monoisotopic (exact) mass is 218 g/mol. The van der Waals surface area contributed by atoms with Crippen molar-refractivity contribution in [3.63, 3.8) is 0 Å². The molecule has 0 saturated heterocycles. The molecule has 1 aromatic rings. The zero-order valence-corrected chi connectivity index (χ0v) is 8.79. The molecule has 1 aliphatic heterocycles. The lowest BCUT2D eigenvalue weighted by Gasteiger charge is -2.05. The number of benzene rings is 1. The van der Waals surface area contributed by atoms with Crippen LogP contribution in [-0.4, -0.2) is 25.2 Å². The Kier molecular flexibility index (Phi) is 3.08. The molecule has 2 rings (SSSR count). The van der Waals surface area contributed by atoms with Gasteiger partial charge in [0.25, 0.3) is 0 Å². The molecule has 0 saturated carbocycles. The Morgan fingerprint density at radius 2 is 2.31 bits per heavy atom. The molecule has 1 aromatic carbocycles. The van der Waals surface area contributed by atoms with E-state index in [4.69, 9.17) is 4.65 Å². The summed E-state index contributed by atoms with van der Waals surface area (Å²) >= 11 is 0. The minimum atomic E-state index is -0.927. The Hall–Kier alpha value is -1.59. The van der Waals surface area contributed by atoms with Gasteiger partial charge in [0.15, 0.2) is 0 Å². The fraction of sp³-hybridized carbons (Fsp3) is 0.182. The second kappa shape index (κ2) is 4.51. The standard InChI is InChI=1S/C11H11BO4/c1-15-11(13)7-6-10-8-4-2-3-5-9(8)12(14)16-10/h2-7,10,14H,1H3/b7-6+. The number of carbonyl (C=O) groups excluding carboxylic acids is 1. The molecule has 0 aliphatic carbocycles. The summed E-state index contributed by atoms with van der Waals surface area (Å²) in [5, 5.41) is 9.60. The fourth-order valence-corrected chi connectivity index (χ4v) is 1.66. The maximum atomic E-state index is 10.9. The summed E-state index contributed by atoms with van der Waals surface area (Å²) in [6, 6.07) is 7.35. The first kappa shape index (κ1) is 10.9. The molecule has 0 radical (unpaired) electrons. The van der Waals surface area contributed by atoms with Crippen molar-refractivity contribution in [3.8, 4) is 0 Å². The molecule has 1 atom stereocenters. The molecular weight excluding hydrogens is 207 g/mol. The Morgan fingerprint density at radius 1 is 1.56 bits per heavy atom. The number of hydrogen-bond donors (Lipinski definition) is 1. The van der Waals surface area contributed by atoms with Crippen molar-refractivity contribution < 1.29 is 19.2 Å². The zero-order valence-electron chi connectivity index (χ0n) is 8.79. The van der Waals surface area contributed by atoms with Crippen LogP contribution in [0, 0.1) is 0 Å². The molecule has 16 heavy (non-hydrogen) atoms. The predicted molar refractivity (Wildman–Crippen MR) is 59.0 cm³/mol. The van der Waals surface area contributed by atoms with Gasteiger partial charge in [0.05, 0.1) is 13.2 Å². The number of fused-ring (bicyclic) bond motifs is 1. The molecule has 4 nitrogen and oxygen atoms in total. The van der Waals surface area contributed by atoms with Crippen LogP contribution in [0.2, 0.25) is 0 Å². The van der Waals surface area contributed by atoms with Gasteiger partial charge in [-0.25, -0.2) is 4.79 Å². The fourth-order valence-electron chi connectivity index (χ4n) is 1.66. The van der Waals surface area contributed by atoms with Gasteiger partial charge >= 0.3 is 13.1 Å². The average Bonchev–Trinajstić information content (AvgIpc) is 2.64. The SMILES string of the molecule is COC(=O)/C=C/C1OB(O)c2ccccc21. The maximum Gasteiger partial charge on any atom is 0.492 e. The molecule has 0 bridgehead atoms. The second-order valence-electron chi connectivity index (χ2n) is 3.42. The summed E-state index contributed by atoms with van der Waals surface area (Å²) in [6.07, 6.45) is 2.46. The molecule has 1 unspecified atom stereocenters. The first-order chi connectivity index (χ1) is 7.72. The maximum absolute atomic E-state index is 10.9. The quantitative estimate of drug-likeness (QED) is 0.437. The number of esters is 1. The van der Waals surface area contributed by atoms with Crippen molar-refractivity contribution >= 4 is 18.6 Å². The van der Waals surface area contributed by atoms with Crippen LogP contribution in [0.3, 0.4) is 0 Å². The van der Waals surface area contributed by atoms with Gasteiger partial charge in [0.1, 0.15) is 0 Å². The van der Waals surface area contributed by atoms with Crippen molar-refractivity contribution in [1.29, 1.82) is 0 Å². The molecule has 5 heteroatoms. The van der Waals surface area contributed by atoms with Gasteiger partial charge < -0.3 is 14.4 Å². The van der Waals surface area contributed by atoms with E-state index in [0.717, 1.165) is 11.0 Å². The summed E-state index contributed by atoms with van der Waals surface area (Å²) in [5.41, 5.74) is 1.61. The van der Waals surface area contributed by atoms with Crippen LogP contribution in [-0.2, 0) is 14.2 Å². The normalized spacial score (nSPS) is 18.9. The molecular formula is C11H11BO4. The number of rotatable bonds is 2. The highest BCUT2D eigenvalue weighted by atomic mass is 16.5. The van der Waals surface area contributed by atoms with Crippen LogP contribution in [0.15, 0.2) is 36.4 Å². The van der Waals surface area contributed by atoms with Gasteiger partial charge in [0, 0.05) is 6.08 Å². The van der Waals surface area contributed by atoms with Gasteiger partial charge in [-0.15, -0.1) is 0 Å². The lowest BCUT2D eigenvalue weighted by Crippen LogP contribution is -2.27. The van der Waals surface area contributed by atoms with E-state index in [2.05, 4.69) is 4.74 Å². The highest BCUT2D eigenvalue weighted by Crippen LogP contribution is 2.24. The minimum absolute atomic E-state index is 0.398. The molecule has 1 N–H and O–H groups in total. The largest absolute Gasteiger partial charge is 0.492 e. The number of carbonyl (C=O) groups is 1. The highest BCUT2D eigenvalue weighted by Gasteiger charge is 2.33. The molecule has 1 heterocycles. The van der Waals surface area contributed by atoms with E-state index >= 15 is 0 Å². The topological polar surface area (TPSA) is 55.8 Å². The summed E-state index contributed by atoms with van der Waals surface area (Å²) < 4.78 is 9.77. The first-order valence-electron chi connectivity index (χ1n) is 4.91. The summed E-state index contributed by atoms with van der Waals surface area (Å²) in [5.74, 6) is -0.442. The minimum Gasteiger partial charge on any atom is -0.466 e. The van der Waals surface area contributed by atoms with Crippen LogP contribution in [0.25, 0.3) is 0 Å². The molecule has 82 valence electrons. The van der Waals surface area contributed by atoms with Crippen molar-refractivity contribution in [1.82, 2.24) is 0 Å². The lowest BCUT2D eigenvalue weighted by atomic mass is 9.79. The molecule has 0 amide bonds. The molecule has 0 aromatic heterocycles. The average molecular weight is 218 g/mol. The van der Waals surface area contributed by atoms with E-state index in [1.165, 1.54) is 13.2 Å². The van der Waals surface area contributed by atoms with Crippen LogP contribution >= 0.6 is 0 Å². The van der Waals surface area contributed by atoms with E-state index in [1.807, 2.05) is 18.2 Å². The van der Waals surface area contributed by atoms with Crippen molar-refractivity contribution in [3.05, 3.63) is 42.0 Å². The van der Waals surface area contributed by atoms with Gasteiger partial charge in [-0.1, -0.05) is 24.3 Å². The van der Waals surface area contributed by atoms with Gasteiger partial charge in [-0.05, 0) is 17.1 Å². The van der Waals surface area contributed by atoms with Gasteiger partial charge in [0.2, 0.25) is 0 Å². The van der Waals surface area contributed by atoms with Gasteiger partial charge in [-0.3, -0.25) is 0 Å². The highest BCUT2D eigenvalue weighted by molar-refractivity contribution is 6.61. The summed E-state index contributed by atoms with van der Waals surface area (Å²) in [4.78, 5) is 10.9. The van der Waals surface area contributed by atoms with E-state index in [1.54, 1.807) is 12.1 Å². The van der Waals surface area contributed by atoms with E-state index < -0.39 is 19.2 Å².